The van der Waals surface area contributed by atoms with Crippen LogP contribution in [-0.4, -0.2) is 31.1 Å². The third kappa shape index (κ3) is 3.79. The molecular formula is C21H27N2O2S+. The molecule has 26 heavy (non-hydrogen) atoms. The summed E-state index contributed by atoms with van der Waals surface area (Å²) < 4.78 is 5.17. The zero-order chi connectivity index (χ0) is 17.9. The maximum atomic E-state index is 12.6. The molecule has 2 N–H and O–H groups in total. The highest BCUT2D eigenvalue weighted by molar-refractivity contribution is 7.09. The maximum Gasteiger partial charge on any atom is 0.251 e. The minimum Gasteiger partial charge on any atom is -0.497 e. The van der Waals surface area contributed by atoms with Gasteiger partial charge in [0, 0.05) is 24.4 Å². The van der Waals surface area contributed by atoms with E-state index in [1.54, 1.807) is 12.0 Å². The van der Waals surface area contributed by atoms with Gasteiger partial charge in [-0.25, -0.2) is 0 Å². The molecule has 4 nitrogen and oxygen atoms in total. The number of fused-ring (bicyclic) bond motifs is 2. The Labute approximate surface area is 159 Å². The molecule has 1 amide bonds. The van der Waals surface area contributed by atoms with Gasteiger partial charge in [-0.2, -0.15) is 0 Å². The molecule has 2 aliphatic heterocycles. The van der Waals surface area contributed by atoms with Crippen molar-refractivity contribution < 1.29 is 14.4 Å². The molecule has 2 bridgehead atoms. The summed E-state index contributed by atoms with van der Waals surface area (Å²) in [6.07, 6.45) is 6.10. The van der Waals surface area contributed by atoms with Crippen LogP contribution in [0.3, 0.4) is 0 Å². The number of quaternary nitrogens is 1. The van der Waals surface area contributed by atoms with Gasteiger partial charge in [-0.15, -0.1) is 11.3 Å². The second kappa shape index (κ2) is 7.80. The summed E-state index contributed by atoms with van der Waals surface area (Å²) in [5.74, 6) is 0.819. The smallest absolute Gasteiger partial charge is 0.251 e. The summed E-state index contributed by atoms with van der Waals surface area (Å²) in [6.45, 7) is 1.14. The molecule has 0 radical (unpaired) electrons. The van der Waals surface area contributed by atoms with Crippen LogP contribution in [0.15, 0.2) is 41.8 Å². The first-order chi connectivity index (χ1) is 12.7. The molecule has 1 aromatic carbocycles. The zero-order valence-electron chi connectivity index (χ0n) is 15.2. The molecule has 2 unspecified atom stereocenters. The second-order valence-electron chi connectivity index (χ2n) is 7.53. The molecule has 0 spiro atoms. The average Bonchev–Trinajstić information content (AvgIpc) is 3.15. The van der Waals surface area contributed by atoms with Crippen LogP contribution in [0.1, 0.15) is 47.3 Å². The third-order valence-electron chi connectivity index (χ3n) is 5.94. The van der Waals surface area contributed by atoms with E-state index in [2.05, 4.69) is 22.8 Å². The first-order valence-corrected chi connectivity index (χ1v) is 10.4. The van der Waals surface area contributed by atoms with E-state index in [1.165, 1.54) is 24.1 Å². The lowest BCUT2D eigenvalue weighted by Gasteiger charge is -2.45. The highest BCUT2D eigenvalue weighted by Gasteiger charge is 2.42. The van der Waals surface area contributed by atoms with Gasteiger partial charge in [0.2, 0.25) is 0 Å². The van der Waals surface area contributed by atoms with Crippen LogP contribution in [-0.2, 0) is 6.54 Å². The number of thiophene rings is 1. The Morgan fingerprint density at radius 3 is 2.54 bits per heavy atom. The van der Waals surface area contributed by atoms with Crippen LogP contribution in [0, 0.1) is 0 Å². The number of carbonyl (C=O) groups is 1. The van der Waals surface area contributed by atoms with Gasteiger partial charge in [0.15, 0.2) is 0 Å². The Balaban J connectivity index is 1.39. The summed E-state index contributed by atoms with van der Waals surface area (Å²) in [4.78, 5) is 15.8. The minimum atomic E-state index is 0.0393. The average molecular weight is 372 g/mol. The third-order valence-corrected chi connectivity index (χ3v) is 6.81. The predicted molar refractivity (Wildman–Crippen MR) is 104 cm³/mol. The molecule has 138 valence electrons. The van der Waals surface area contributed by atoms with Crippen molar-refractivity contribution in [2.45, 2.75) is 56.8 Å². The van der Waals surface area contributed by atoms with E-state index < -0.39 is 0 Å². The Bertz CT molecular complexity index is 715. The topological polar surface area (TPSA) is 42.8 Å². The van der Waals surface area contributed by atoms with Crippen LogP contribution < -0.4 is 15.0 Å². The highest BCUT2D eigenvalue weighted by atomic mass is 32.1. The van der Waals surface area contributed by atoms with Crippen molar-refractivity contribution in [3.63, 3.8) is 0 Å². The lowest BCUT2D eigenvalue weighted by atomic mass is 9.81. The van der Waals surface area contributed by atoms with E-state index in [0.29, 0.717) is 23.7 Å². The molecule has 2 aliphatic rings. The fourth-order valence-electron chi connectivity index (χ4n) is 4.67. The van der Waals surface area contributed by atoms with Crippen LogP contribution >= 0.6 is 11.3 Å². The Hall–Kier alpha value is -1.85. The van der Waals surface area contributed by atoms with Crippen molar-refractivity contribution in [1.29, 1.82) is 0 Å². The Morgan fingerprint density at radius 2 is 1.92 bits per heavy atom. The number of piperidine rings is 2. The molecule has 1 aromatic heterocycles. The van der Waals surface area contributed by atoms with E-state index in [1.807, 2.05) is 35.6 Å². The number of amides is 1. The fraction of sp³-hybridized carbons (Fsp3) is 0.476. The van der Waals surface area contributed by atoms with E-state index in [4.69, 9.17) is 4.74 Å². The molecule has 3 heterocycles. The quantitative estimate of drug-likeness (QED) is 0.849. The molecular weight excluding hydrogens is 344 g/mol. The molecule has 2 aromatic rings. The van der Waals surface area contributed by atoms with Gasteiger partial charge in [0.25, 0.3) is 5.91 Å². The number of carbonyl (C=O) groups excluding carboxylic acids is 1. The first kappa shape index (κ1) is 17.6. The predicted octanol–water partition coefficient (Wildman–Crippen LogP) is 2.66. The van der Waals surface area contributed by atoms with Crippen molar-refractivity contribution in [1.82, 2.24) is 5.32 Å². The molecule has 2 saturated heterocycles. The van der Waals surface area contributed by atoms with Crippen molar-refractivity contribution in [3.8, 4) is 5.75 Å². The fourth-order valence-corrected chi connectivity index (χ4v) is 5.41. The van der Waals surface area contributed by atoms with Gasteiger partial charge in [0.05, 0.1) is 24.1 Å². The van der Waals surface area contributed by atoms with Crippen LogP contribution in [0.2, 0.25) is 0 Å². The van der Waals surface area contributed by atoms with Gasteiger partial charge in [-0.3, -0.25) is 4.79 Å². The van der Waals surface area contributed by atoms with Gasteiger partial charge >= 0.3 is 0 Å². The maximum absolute atomic E-state index is 12.6. The van der Waals surface area contributed by atoms with Gasteiger partial charge < -0.3 is 15.0 Å². The molecule has 4 atom stereocenters. The number of hydrogen-bond acceptors (Lipinski definition) is 3. The van der Waals surface area contributed by atoms with Crippen molar-refractivity contribution >= 4 is 17.2 Å². The number of nitrogens with one attached hydrogen (secondary N) is 2. The van der Waals surface area contributed by atoms with E-state index in [0.717, 1.165) is 25.1 Å². The van der Waals surface area contributed by atoms with Crippen molar-refractivity contribution in [2.75, 3.05) is 7.11 Å². The summed E-state index contributed by atoms with van der Waals surface area (Å²) in [7, 11) is 1.64. The summed E-state index contributed by atoms with van der Waals surface area (Å²) in [5.41, 5.74) is 0.712. The number of benzene rings is 1. The Morgan fingerprint density at radius 1 is 1.19 bits per heavy atom. The number of hydrogen-bond donors (Lipinski definition) is 2. The monoisotopic (exact) mass is 371 g/mol. The number of methoxy groups -OCH3 is 1. The first-order valence-electron chi connectivity index (χ1n) is 9.56. The minimum absolute atomic E-state index is 0.0393. The lowest BCUT2D eigenvalue weighted by molar-refractivity contribution is -0.973. The van der Waals surface area contributed by atoms with E-state index in [-0.39, 0.29) is 5.91 Å². The molecule has 4 rings (SSSR count). The highest BCUT2D eigenvalue weighted by Crippen LogP contribution is 2.24. The van der Waals surface area contributed by atoms with Gasteiger partial charge in [-0.1, -0.05) is 6.07 Å². The van der Waals surface area contributed by atoms with Crippen LogP contribution in [0.5, 0.6) is 5.75 Å². The number of rotatable bonds is 5. The Kier molecular flexibility index (Phi) is 5.27. The number of ether oxygens (including phenoxy) is 1. The van der Waals surface area contributed by atoms with E-state index >= 15 is 0 Å². The molecule has 0 saturated carbocycles. The zero-order valence-corrected chi connectivity index (χ0v) is 16.1. The summed E-state index contributed by atoms with van der Waals surface area (Å²) in [5, 5.41) is 5.46. The molecule has 0 aliphatic carbocycles. The van der Waals surface area contributed by atoms with Crippen molar-refractivity contribution in [2.24, 2.45) is 0 Å². The van der Waals surface area contributed by atoms with Gasteiger partial charge in [0.1, 0.15) is 12.3 Å². The largest absolute Gasteiger partial charge is 0.497 e. The van der Waals surface area contributed by atoms with E-state index in [9.17, 15) is 4.79 Å². The summed E-state index contributed by atoms with van der Waals surface area (Å²) in [6, 6.07) is 13.4. The standard InChI is InChI=1S/C21H26N2O2S/c1-25-19-9-7-15(8-10-19)21(24)22-16-12-17-4-2-5-18(13-16)23(17)14-20-6-3-11-26-20/h3,6-11,16-18H,2,4-5,12-14H2,1H3,(H,22,24)/p+1/t16?,17-,18+. The van der Waals surface area contributed by atoms with Crippen molar-refractivity contribution in [3.05, 3.63) is 52.2 Å². The SMILES string of the molecule is COc1ccc(C(=O)NC2C[C@H]3CCC[C@@H](C2)[NH+]3Cc2cccs2)cc1. The normalized spacial score (nSPS) is 27.7. The van der Waals surface area contributed by atoms with Crippen LogP contribution in [0.25, 0.3) is 0 Å². The lowest BCUT2D eigenvalue weighted by Crippen LogP contribution is -3.20. The van der Waals surface area contributed by atoms with Crippen LogP contribution in [0.4, 0.5) is 0 Å². The van der Waals surface area contributed by atoms with Gasteiger partial charge in [-0.05, 0) is 55.0 Å². The summed E-state index contributed by atoms with van der Waals surface area (Å²) >= 11 is 1.87. The second-order valence-corrected chi connectivity index (χ2v) is 8.56. The molecule has 5 heteroatoms. The molecule has 2 fully saturated rings.